The second-order valence-electron chi connectivity index (χ2n) is 5.40. The van der Waals surface area contributed by atoms with Crippen LogP contribution in [0, 0.1) is 11.6 Å². The Kier molecular flexibility index (Phi) is 3.90. The van der Waals surface area contributed by atoms with Crippen molar-refractivity contribution in [2.24, 2.45) is 0 Å². The van der Waals surface area contributed by atoms with Gasteiger partial charge in [0.1, 0.15) is 0 Å². The van der Waals surface area contributed by atoms with Gasteiger partial charge in [0.25, 0.3) is 0 Å². The molecule has 118 valence electrons. The fourth-order valence-corrected chi connectivity index (χ4v) is 3.24. The molecular formula is C18H14F2O2S. The number of hydrogen-bond donors (Lipinski definition) is 0. The normalized spacial score (nSPS) is 14.6. The van der Waals surface area contributed by atoms with Gasteiger partial charge in [-0.05, 0) is 53.0 Å². The summed E-state index contributed by atoms with van der Waals surface area (Å²) in [6.45, 7) is 0. The average molecular weight is 332 g/mol. The quantitative estimate of drug-likeness (QED) is 0.842. The number of rotatable bonds is 3. The molecule has 0 fully saturated rings. The monoisotopic (exact) mass is 332 g/mol. The summed E-state index contributed by atoms with van der Waals surface area (Å²) < 4.78 is 49.6. The Morgan fingerprint density at radius 2 is 1.39 bits per heavy atom. The molecule has 1 aliphatic rings. The van der Waals surface area contributed by atoms with Gasteiger partial charge in [-0.3, -0.25) is 0 Å². The topological polar surface area (TPSA) is 34.1 Å². The Bertz CT molecular complexity index is 924. The van der Waals surface area contributed by atoms with Gasteiger partial charge in [-0.15, -0.1) is 0 Å². The maximum atomic E-state index is 13.5. The van der Waals surface area contributed by atoms with Crippen molar-refractivity contribution in [3.8, 4) is 0 Å². The highest BCUT2D eigenvalue weighted by Crippen LogP contribution is 2.36. The van der Waals surface area contributed by atoms with Crippen molar-refractivity contribution in [2.45, 2.75) is 11.3 Å². The maximum absolute atomic E-state index is 13.5. The second kappa shape index (κ2) is 5.74. The Morgan fingerprint density at radius 1 is 0.826 bits per heavy atom. The van der Waals surface area contributed by atoms with Crippen LogP contribution in [0.2, 0.25) is 0 Å². The highest BCUT2D eigenvalue weighted by atomic mass is 32.2. The molecule has 0 heterocycles. The summed E-state index contributed by atoms with van der Waals surface area (Å²) in [4.78, 5) is 0.248. The van der Waals surface area contributed by atoms with Crippen LogP contribution in [-0.2, 0) is 9.84 Å². The standard InChI is InChI=1S/C18H14F2O2S/c1-23(21,22)14-8-5-12(6-9-14)15-3-2-4-16(15)13-7-10-17(19)18(20)11-13/h3-11H,2H2,1H3. The average Bonchev–Trinajstić information content (AvgIpc) is 2.99. The summed E-state index contributed by atoms with van der Waals surface area (Å²) in [6.07, 6.45) is 5.76. The number of halogens is 2. The SMILES string of the molecule is CS(=O)(=O)c1ccc(C2=CCC=C2c2ccc(F)c(F)c2)cc1. The zero-order valence-corrected chi connectivity index (χ0v) is 13.2. The first-order chi connectivity index (χ1) is 10.9. The van der Waals surface area contributed by atoms with Crippen molar-refractivity contribution in [1.82, 2.24) is 0 Å². The lowest BCUT2D eigenvalue weighted by Crippen LogP contribution is -1.97. The molecule has 0 bridgehead atoms. The molecule has 0 aliphatic heterocycles. The van der Waals surface area contributed by atoms with E-state index >= 15 is 0 Å². The molecule has 0 N–H and O–H groups in total. The predicted molar refractivity (Wildman–Crippen MR) is 86.5 cm³/mol. The van der Waals surface area contributed by atoms with Crippen LogP contribution in [-0.4, -0.2) is 14.7 Å². The molecule has 2 aromatic carbocycles. The molecule has 2 nitrogen and oxygen atoms in total. The number of benzene rings is 2. The number of hydrogen-bond acceptors (Lipinski definition) is 2. The lowest BCUT2D eigenvalue weighted by molar-refractivity contribution is 0.508. The first kappa shape index (κ1) is 15.6. The van der Waals surface area contributed by atoms with Gasteiger partial charge in [0.05, 0.1) is 4.90 Å². The zero-order chi connectivity index (χ0) is 16.6. The van der Waals surface area contributed by atoms with E-state index in [9.17, 15) is 17.2 Å². The van der Waals surface area contributed by atoms with Gasteiger partial charge in [0.15, 0.2) is 21.5 Å². The van der Waals surface area contributed by atoms with Crippen LogP contribution in [0.25, 0.3) is 11.1 Å². The van der Waals surface area contributed by atoms with E-state index in [4.69, 9.17) is 0 Å². The summed E-state index contributed by atoms with van der Waals surface area (Å²) in [6, 6.07) is 10.4. The van der Waals surface area contributed by atoms with Crippen molar-refractivity contribution in [3.05, 3.63) is 77.4 Å². The Hall–Kier alpha value is -2.27. The Balaban J connectivity index is 1.97. The summed E-state index contributed by atoms with van der Waals surface area (Å²) in [5, 5.41) is 0. The maximum Gasteiger partial charge on any atom is 0.175 e. The molecule has 5 heteroatoms. The van der Waals surface area contributed by atoms with E-state index in [1.807, 2.05) is 12.2 Å². The first-order valence-corrected chi connectivity index (χ1v) is 8.92. The van der Waals surface area contributed by atoms with Crippen LogP contribution in [0.3, 0.4) is 0 Å². The van der Waals surface area contributed by atoms with Crippen molar-refractivity contribution in [1.29, 1.82) is 0 Å². The Labute approximate surface area is 133 Å². The molecule has 0 aromatic heterocycles. The molecule has 0 saturated carbocycles. The fraction of sp³-hybridized carbons (Fsp3) is 0.111. The van der Waals surface area contributed by atoms with Gasteiger partial charge in [0, 0.05) is 6.26 Å². The van der Waals surface area contributed by atoms with Crippen LogP contribution < -0.4 is 0 Å². The third-order valence-corrected chi connectivity index (χ3v) is 4.89. The molecule has 0 atom stereocenters. The van der Waals surface area contributed by atoms with E-state index in [2.05, 4.69) is 0 Å². The van der Waals surface area contributed by atoms with Gasteiger partial charge in [0.2, 0.25) is 0 Å². The summed E-state index contributed by atoms with van der Waals surface area (Å²) in [5.74, 6) is -1.77. The van der Waals surface area contributed by atoms with Crippen LogP contribution in [0.4, 0.5) is 8.78 Å². The van der Waals surface area contributed by atoms with Gasteiger partial charge in [-0.25, -0.2) is 17.2 Å². The third-order valence-electron chi connectivity index (χ3n) is 3.76. The predicted octanol–water partition coefficient (Wildman–Crippen LogP) is 4.24. The van der Waals surface area contributed by atoms with E-state index in [-0.39, 0.29) is 4.90 Å². The van der Waals surface area contributed by atoms with Crippen LogP contribution in [0.5, 0.6) is 0 Å². The van der Waals surface area contributed by atoms with Crippen molar-refractivity contribution >= 4 is 21.0 Å². The minimum absolute atomic E-state index is 0.248. The molecule has 23 heavy (non-hydrogen) atoms. The minimum Gasteiger partial charge on any atom is -0.224 e. The molecule has 1 aliphatic carbocycles. The highest BCUT2D eigenvalue weighted by Gasteiger charge is 2.16. The van der Waals surface area contributed by atoms with Gasteiger partial charge < -0.3 is 0 Å². The molecule has 0 saturated heterocycles. The fourth-order valence-electron chi connectivity index (χ4n) is 2.61. The van der Waals surface area contributed by atoms with Crippen molar-refractivity contribution in [2.75, 3.05) is 6.26 Å². The molecule has 2 aromatic rings. The number of allylic oxidation sites excluding steroid dienone is 4. The first-order valence-electron chi connectivity index (χ1n) is 7.03. The number of sulfone groups is 1. The van der Waals surface area contributed by atoms with E-state index in [0.29, 0.717) is 12.0 Å². The third kappa shape index (κ3) is 3.10. The molecular weight excluding hydrogens is 318 g/mol. The lowest BCUT2D eigenvalue weighted by Gasteiger charge is -2.11. The van der Waals surface area contributed by atoms with Gasteiger partial charge in [-0.2, -0.15) is 0 Å². The molecule has 0 amide bonds. The molecule has 0 radical (unpaired) electrons. The minimum atomic E-state index is -3.24. The van der Waals surface area contributed by atoms with E-state index in [1.54, 1.807) is 24.3 Å². The van der Waals surface area contributed by atoms with E-state index in [1.165, 1.54) is 12.1 Å². The zero-order valence-electron chi connectivity index (χ0n) is 12.4. The van der Waals surface area contributed by atoms with Gasteiger partial charge in [-0.1, -0.05) is 30.4 Å². The molecule has 0 unspecified atom stereocenters. The van der Waals surface area contributed by atoms with Crippen LogP contribution in [0.1, 0.15) is 17.5 Å². The van der Waals surface area contributed by atoms with E-state index in [0.717, 1.165) is 29.0 Å². The highest BCUT2D eigenvalue weighted by molar-refractivity contribution is 7.90. The van der Waals surface area contributed by atoms with Crippen LogP contribution >= 0.6 is 0 Å². The van der Waals surface area contributed by atoms with E-state index < -0.39 is 21.5 Å². The van der Waals surface area contributed by atoms with Crippen molar-refractivity contribution in [3.63, 3.8) is 0 Å². The summed E-state index contributed by atoms with van der Waals surface area (Å²) in [7, 11) is -3.24. The molecule has 3 rings (SSSR count). The second-order valence-corrected chi connectivity index (χ2v) is 7.41. The summed E-state index contributed by atoms with van der Waals surface area (Å²) >= 11 is 0. The lowest BCUT2D eigenvalue weighted by atomic mass is 9.95. The largest absolute Gasteiger partial charge is 0.224 e. The van der Waals surface area contributed by atoms with Crippen molar-refractivity contribution < 1.29 is 17.2 Å². The Morgan fingerprint density at radius 3 is 1.96 bits per heavy atom. The molecule has 0 spiro atoms. The summed E-state index contributed by atoms with van der Waals surface area (Å²) in [5.41, 5.74) is 3.14. The van der Waals surface area contributed by atoms with Gasteiger partial charge >= 0.3 is 0 Å². The van der Waals surface area contributed by atoms with Crippen LogP contribution in [0.15, 0.2) is 59.5 Å². The smallest absolute Gasteiger partial charge is 0.175 e.